The van der Waals surface area contributed by atoms with Crippen LogP contribution in [0.5, 0.6) is 0 Å². The first-order valence-electron chi connectivity index (χ1n) is 15.4. The molecule has 0 heterocycles. The summed E-state index contributed by atoms with van der Waals surface area (Å²) in [7, 11) is 2.15. The van der Waals surface area contributed by atoms with Crippen molar-refractivity contribution in [1.82, 2.24) is 0 Å². The minimum absolute atomic E-state index is 0.146. The third-order valence-corrected chi connectivity index (χ3v) is 8.41. The summed E-state index contributed by atoms with van der Waals surface area (Å²) in [4.78, 5) is 4.70. The molecular formula is C37H49N3. The molecule has 0 bridgehead atoms. The molecule has 0 radical (unpaired) electrons. The maximum Gasteiger partial charge on any atom is 0.0422 e. The van der Waals surface area contributed by atoms with Gasteiger partial charge in [0.05, 0.1) is 0 Å². The van der Waals surface area contributed by atoms with Crippen molar-refractivity contribution >= 4 is 27.8 Å². The van der Waals surface area contributed by atoms with Crippen molar-refractivity contribution in [2.75, 3.05) is 41.8 Å². The van der Waals surface area contributed by atoms with Crippen molar-refractivity contribution in [3.63, 3.8) is 0 Å². The first-order valence-corrected chi connectivity index (χ1v) is 15.4. The molecule has 4 rings (SSSR count). The third-order valence-electron chi connectivity index (χ3n) is 8.41. The van der Waals surface area contributed by atoms with Gasteiger partial charge in [-0.3, -0.25) is 0 Å². The fourth-order valence-electron chi connectivity index (χ4n) is 5.86. The standard InChI is InChI=1S/C37H49N3/c1-7-11-12-15-28(5)38-36-27-26-35(33-16-13-14-17-34(33)36)37(29-18-22-31(23-19-29)39(6)8-2)30-20-24-32(25-21-30)40(9-3)10-4/h13-14,16-28,37-38H,7-12,15H2,1-6H3. The highest BCUT2D eigenvalue weighted by Gasteiger charge is 2.21. The number of rotatable bonds is 14. The monoisotopic (exact) mass is 535 g/mol. The second-order valence-electron chi connectivity index (χ2n) is 11.1. The van der Waals surface area contributed by atoms with E-state index in [4.69, 9.17) is 0 Å². The van der Waals surface area contributed by atoms with Crippen LogP contribution in [0.2, 0.25) is 0 Å². The molecule has 2 unspecified atom stereocenters. The van der Waals surface area contributed by atoms with Gasteiger partial charge in [-0.1, -0.05) is 80.8 Å². The van der Waals surface area contributed by atoms with E-state index in [1.807, 2.05) is 0 Å². The number of unbranched alkanes of at least 4 members (excludes halogenated alkanes) is 2. The summed E-state index contributed by atoms with van der Waals surface area (Å²) >= 11 is 0. The van der Waals surface area contributed by atoms with Gasteiger partial charge in [-0.15, -0.1) is 0 Å². The highest BCUT2D eigenvalue weighted by Crippen LogP contribution is 2.39. The van der Waals surface area contributed by atoms with E-state index in [-0.39, 0.29) is 5.92 Å². The van der Waals surface area contributed by atoms with E-state index >= 15 is 0 Å². The van der Waals surface area contributed by atoms with E-state index in [2.05, 4.69) is 142 Å². The van der Waals surface area contributed by atoms with Gasteiger partial charge < -0.3 is 15.1 Å². The molecule has 0 fully saturated rings. The minimum atomic E-state index is 0.146. The molecule has 0 spiro atoms. The van der Waals surface area contributed by atoms with Gasteiger partial charge in [0.2, 0.25) is 0 Å². The fraction of sp³-hybridized carbons (Fsp3) is 0.405. The molecule has 0 aliphatic carbocycles. The Labute approximate surface area is 243 Å². The molecule has 0 aliphatic rings. The van der Waals surface area contributed by atoms with Crippen LogP contribution in [0.25, 0.3) is 10.8 Å². The van der Waals surface area contributed by atoms with Crippen LogP contribution in [0.1, 0.15) is 82.9 Å². The molecule has 0 saturated heterocycles. The zero-order valence-electron chi connectivity index (χ0n) is 25.6. The molecule has 0 aliphatic heterocycles. The zero-order chi connectivity index (χ0) is 28.5. The molecule has 4 aromatic carbocycles. The smallest absolute Gasteiger partial charge is 0.0422 e. The van der Waals surface area contributed by atoms with E-state index in [0.717, 1.165) is 19.6 Å². The van der Waals surface area contributed by atoms with Gasteiger partial charge in [-0.2, -0.15) is 0 Å². The predicted octanol–water partition coefficient (Wildman–Crippen LogP) is 9.70. The summed E-state index contributed by atoms with van der Waals surface area (Å²) in [5.74, 6) is 0.146. The van der Waals surface area contributed by atoms with Gasteiger partial charge in [0.15, 0.2) is 0 Å². The molecule has 0 aromatic heterocycles. The van der Waals surface area contributed by atoms with E-state index in [9.17, 15) is 0 Å². The molecule has 0 amide bonds. The Balaban J connectivity index is 1.79. The lowest BCUT2D eigenvalue weighted by molar-refractivity contribution is 0.615. The normalized spacial score (nSPS) is 12.8. The van der Waals surface area contributed by atoms with Gasteiger partial charge in [-0.25, -0.2) is 0 Å². The van der Waals surface area contributed by atoms with Crippen LogP contribution < -0.4 is 15.1 Å². The van der Waals surface area contributed by atoms with Crippen LogP contribution in [0, 0.1) is 0 Å². The molecule has 4 aromatic rings. The average molecular weight is 536 g/mol. The summed E-state index contributed by atoms with van der Waals surface area (Å²) in [6.07, 6.45) is 5.03. The fourth-order valence-corrected chi connectivity index (χ4v) is 5.86. The number of nitrogens with one attached hydrogen (secondary N) is 1. The quantitative estimate of drug-likeness (QED) is 0.128. The summed E-state index contributed by atoms with van der Waals surface area (Å²) in [5.41, 5.74) is 7.78. The van der Waals surface area contributed by atoms with E-state index in [1.54, 1.807) is 0 Å². The van der Waals surface area contributed by atoms with Crippen LogP contribution in [-0.2, 0) is 0 Å². The third kappa shape index (κ3) is 6.81. The zero-order valence-corrected chi connectivity index (χ0v) is 25.6. The lowest BCUT2D eigenvalue weighted by Gasteiger charge is -2.26. The van der Waals surface area contributed by atoms with Crippen LogP contribution in [0.3, 0.4) is 0 Å². The number of nitrogens with zero attached hydrogens (tertiary/aromatic N) is 2. The van der Waals surface area contributed by atoms with Crippen LogP contribution >= 0.6 is 0 Å². The second kappa shape index (κ2) is 14.3. The first-order chi connectivity index (χ1) is 19.5. The summed E-state index contributed by atoms with van der Waals surface area (Å²) in [6, 6.07) is 32.5. The number of benzene rings is 4. The molecule has 0 saturated carbocycles. The first kappa shape index (κ1) is 29.5. The van der Waals surface area contributed by atoms with Crippen LogP contribution in [0.4, 0.5) is 17.1 Å². The van der Waals surface area contributed by atoms with Gasteiger partial charge in [-0.05, 0) is 86.5 Å². The summed E-state index contributed by atoms with van der Waals surface area (Å²) in [5, 5.41) is 6.46. The lowest BCUT2D eigenvalue weighted by atomic mass is 9.82. The van der Waals surface area contributed by atoms with Crippen molar-refractivity contribution in [3.8, 4) is 0 Å². The van der Waals surface area contributed by atoms with Crippen LogP contribution in [0.15, 0.2) is 84.9 Å². The van der Waals surface area contributed by atoms with E-state index < -0.39 is 0 Å². The highest BCUT2D eigenvalue weighted by atomic mass is 15.1. The van der Waals surface area contributed by atoms with E-state index in [1.165, 1.54) is 70.2 Å². The molecule has 212 valence electrons. The Morgan fingerprint density at radius 3 is 1.82 bits per heavy atom. The van der Waals surface area contributed by atoms with Crippen molar-refractivity contribution in [1.29, 1.82) is 0 Å². The van der Waals surface area contributed by atoms with Crippen molar-refractivity contribution < 1.29 is 0 Å². The van der Waals surface area contributed by atoms with Crippen LogP contribution in [-0.4, -0.2) is 32.7 Å². The van der Waals surface area contributed by atoms with Gasteiger partial charge in [0.25, 0.3) is 0 Å². The van der Waals surface area contributed by atoms with Gasteiger partial charge in [0.1, 0.15) is 0 Å². The maximum absolute atomic E-state index is 3.84. The maximum atomic E-state index is 3.84. The largest absolute Gasteiger partial charge is 0.382 e. The highest BCUT2D eigenvalue weighted by molar-refractivity contribution is 5.97. The predicted molar refractivity (Wildman–Crippen MR) is 178 cm³/mol. The van der Waals surface area contributed by atoms with Gasteiger partial charge in [0, 0.05) is 61.1 Å². The number of hydrogen-bond donors (Lipinski definition) is 1. The Bertz CT molecular complexity index is 1320. The molecule has 1 N–H and O–H groups in total. The summed E-state index contributed by atoms with van der Waals surface area (Å²) < 4.78 is 0. The Hall–Kier alpha value is -3.46. The molecule has 3 heteroatoms. The Kier molecular flexibility index (Phi) is 10.5. The van der Waals surface area contributed by atoms with Gasteiger partial charge >= 0.3 is 0 Å². The molecule has 40 heavy (non-hydrogen) atoms. The molecular weight excluding hydrogens is 486 g/mol. The summed E-state index contributed by atoms with van der Waals surface area (Å²) in [6.45, 7) is 14.2. The lowest BCUT2D eigenvalue weighted by Crippen LogP contribution is -2.21. The minimum Gasteiger partial charge on any atom is -0.382 e. The second-order valence-corrected chi connectivity index (χ2v) is 11.1. The number of anilines is 3. The Morgan fingerprint density at radius 1 is 0.650 bits per heavy atom. The molecule has 2 atom stereocenters. The van der Waals surface area contributed by atoms with Crippen molar-refractivity contribution in [2.24, 2.45) is 0 Å². The SMILES string of the molecule is CCCCCC(C)Nc1ccc(C(c2ccc(N(C)CC)cc2)c2ccc(N(CC)CC)cc2)c2ccccc12. The topological polar surface area (TPSA) is 18.5 Å². The van der Waals surface area contributed by atoms with Crippen molar-refractivity contribution in [2.45, 2.75) is 72.3 Å². The number of fused-ring (bicyclic) bond motifs is 1. The van der Waals surface area contributed by atoms with Crippen molar-refractivity contribution in [3.05, 3.63) is 102 Å². The number of hydrogen-bond acceptors (Lipinski definition) is 3. The van der Waals surface area contributed by atoms with E-state index in [0.29, 0.717) is 6.04 Å². The molecule has 3 nitrogen and oxygen atoms in total. The Morgan fingerprint density at radius 2 is 1.25 bits per heavy atom. The average Bonchev–Trinajstić information content (AvgIpc) is 2.99.